The second-order valence-corrected chi connectivity index (χ2v) is 6.60. The fourth-order valence-corrected chi connectivity index (χ4v) is 5.30. The molecule has 3 aliphatic rings. The first-order valence-electron chi connectivity index (χ1n) is 6.32. The average Bonchev–Trinajstić information content (AvgIpc) is 2.68. The van der Waals surface area contributed by atoms with Crippen molar-refractivity contribution >= 4 is 0 Å². The van der Waals surface area contributed by atoms with Crippen LogP contribution in [0.1, 0.15) is 52.9 Å². The quantitative estimate of drug-likeness (QED) is 0.508. The molecule has 0 aliphatic heterocycles. The minimum Gasteiger partial charge on any atom is -0.0989 e. The molecule has 2 saturated carbocycles. The molecule has 0 radical (unpaired) electrons. The van der Waals surface area contributed by atoms with Crippen LogP contribution in [0.3, 0.4) is 0 Å². The molecule has 0 aromatic rings. The van der Waals surface area contributed by atoms with Gasteiger partial charge in [0.2, 0.25) is 0 Å². The number of hydrogen-bond acceptors (Lipinski definition) is 0. The Hall–Kier alpha value is -0.520. The summed E-state index contributed by atoms with van der Waals surface area (Å²) in [5.41, 5.74) is 4.60. The minimum atomic E-state index is 0.413. The van der Waals surface area contributed by atoms with Crippen molar-refractivity contribution in [3.05, 3.63) is 23.8 Å². The summed E-state index contributed by atoms with van der Waals surface area (Å²) < 4.78 is 0. The topological polar surface area (TPSA) is 0 Å². The van der Waals surface area contributed by atoms with Crippen molar-refractivity contribution in [2.75, 3.05) is 0 Å². The van der Waals surface area contributed by atoms with Gasteiger partial charge in [-0.15, -0.1) is 0 Å². The third-order valence-corrected chi connectivity index (χ3v) is 5.96. The van der Waals surface area contributed by atoms with Crippen LogP contribution >= 0.6 is 0 Å². The Morgan fingerprint density at radius 1 is 1.27 bits per heavy atom. The highest BCUT2D eigenvalue weighted by Gasteiger charge is 2.69. The molecular weight excluding hydrogens is 180 g/mol. The lowest BCUT2D eigenvalue weighted by molar-refractivity contribution is 0.0630. The molecule has 0 heteroatoms. The van der Waals surface area contributed by atoms with Crippen LogP contribution in [0.5, 0.6) is 0 Å². The first kappa shape index (κ1) is 9.69. The molecule has 0 aromatic heterocycles. The van der Waals surface area contributed by atoms with Gasteiger partial charge in [0.15, 0.2) is 0 Å². The molecule has 2 atom stereocenters. The number of allylic oxidation sites excluding steroid dienone is 3. The summed E-state index contributed by atoms with van der Waals surface area (Å²) >= 11 is 0. The smallest absolute Gasteiger partial charge is 0.0180 e. The molecule has 0 unspecified atom stereocenters. The second-order valence-electron chi connectivity index (χ2n) is 6.60. The summed E-state index contributed by atoms with van der Waals surface area (Å²) in [5, 5.41) is 0. The lowest BCUT2D eigenvalue weighted by Gasteiger charge is -2.44. The van der Waals surface area contributed by atoms with Crippen LogP contribution in [0.4, 0.5) is 0 Å². The molecule has 0 saturated heterocycles. The molecule has 0 bridgehead atoms. The highest BCUT2D eigenvalue weighted by Crippen LogP contribution is 2.78. The maximum atomic E-state index is 4.43. The largest absolute Gasteiger partial charge is 0.0989 e. The van der Waals surface area contributed by atoms with E-state index < -0.39 is 0 Å². The molecule has 2 fully saturated rings. The van der Waals surface area contributed by atoms with E-state index in [-0.39, 0.29) is 0 Å². The zero-order chi connectivity index (χ0) is 10.9. The lowest BCUT2D eigenvalue weighted by Crippen LogP contribution is -2.38. The fraction of sp³-hybridized carbons (Fsp3) is 0.733. The van der Waals surface area contributed by atoms with Gasteiger partial charge in [0.25, 0.3) is 0 Å². The van der Waals surface area contributed by atoms with Crippen LogP contribution in [0.15, 0.2) is 23.8 Å². The van der Waals surface area contributed by atoms with Gasteiger partial charge in [-0.2, -0.15) is 0 Å². The summed E-state index contributed by atoms with van der Waals surface area (Å²) in [6.07, 6.45) is 9.27. The predicted molar refractivity (Wildman–Crippen MR) is 64.6 cm³/mol. The number of rotatable bonds is 0. The summed E-state index contributed by atoms with van der Waals surface area (Å²) in [5.74, 6) is 0. The third kappa shape index (κ3) is 0.756. The van der Waals surface area contributed by atoms with Gasteiger partial charge in [-0.05, 0) is 43.4 Å². The molecule has 0 nitrogen and oxygen atoms in total. The van der Waals surface area contributed by atoms with E-state index in [1.54, 1.807) is 5.57 Å². The van der Waals surface area contributed by atoms with E-state index in [1.807, 2.05) is 0 Å². The van der Waals surface area contributed by atoms with Gasteiger partial charge in [-0.25, -0.2) is 0 Å². The maximum absolute atomic E-state index is 4.43. The molecular formula is C15H22. The maximum Gasteiger partial charge on any atom is 0.0180 e. The SMILES string of the molecule is C=C1CC(C)(C)[C@@]23CC=C(C)[C@]12CCC3. The van der Waals surface area contributed by atoms with Crippen molar-refractivity contribution in [2.45, 2.75) is 52.9 Å². The Labute approximate surface area is 93.5 Å². The Balaban J connectivity index is 2.25. The van der Waals surface area contributed by atoms with Gasteiger partial charge in [-0.3, -0.25) is 0 Å². The van der Waals surface area contributed by atoms with E-state index in [0.29, 0.717) is 16.2 Å². The van der Waals surface area contributed by atoms with Gasteiger partial charge >= 0.3 is 0 Å². The van der Waals surface area contributed by atoms with Crippen molar-refractivity contribution in [1.82, 2.24) is 0 Å². The van der Waals surface area contributed by atoms with E-state index in [9.17, 15) is 0 Å². The zero-order valence-electron chi connectivity index (χ0n) is 10.3. The summed E-state index contributed by atoms with van der Waals surface area (Å²) in [7, 11) is 0. The highest BCUT2D eigenvalue weighted by molar-refractivity contribution is 5.45. The molecule has 3 aliphatic carbocycles. The van der Waals surface area contributed by atoms with E-state index in [1.165, 1.54) is 37.7 Å². The van der Waals surface area contributed by atoms with Crippen molar-refractivity contribution in [3.63, 3.8) is 0 Å². The van der Waals surface area contributed by atoms with Gasteiger partial charge in [0.05, 0.1) is 0 Å². The average molecular weight is 202 g/mol. The Morgan fingerprint density at radius 2 is 2.00 bits per heavy atom. The van der Waals surface area contributed by atoms with Crippen molar-refractivity contribution in [3.8, 4) is 0 Å². The molecule has 0 N–H and O–H groups in total. The molecule has 0 amide bonds. The molecule has 3 rings (SSSR count). The summed E-state index contributed by atoms with van der Waals surface area (Å²) in [6.45, 7) is 11.7. The normalized spacial score (nSPS) is 46.6. The highest BCUT2D eigenvalue weighted by atomic mass is 14.7. The standard InChI is InChI=1S/C15H22/c1-11-6-9-14-7-5-8-15(11,14)12(2)10-13(14,3)4/h6H,2,5,7-10H2,1,3-4H3/t14-,15-/m1/s1. The Morgan fingerprint density at radius 3 is 2.67 bits per heavy atom. The predicted octanol–water partition coefficient (Wildman–Crippen LogP) is 4.48. The summed E-state index contributed by atoms with van der Waals surface area (Å²) in [6, 6.07) is 0. The molecule has 0 aromatic carbocycles. The minimum absolute atomic E-state index is 0.413. The zero-order valence-corrected chi connectivity index (χ0v) is 10.3. The first-order chi connectivity index (χ1) is 6.96. The Kier molecular flexibility index (Phi) is 1.56. The molecule has 0 spiro atoms. The second kappa shape index (κ2) is 2.42. The number of hydrogen-bond donors (Lipinski definition) is 0. The molecule has 15 heavy (non-hydrogen) atoms. The summed E-state index contributed by atoms with van der Waals surface area (Å²) in [4.78, 5) is 0. The fourth-order valence-electron chi connectivity index (χ4n) is 5.30. The van der Waals surface area contributed by atoms with Crippen molar-refractivity contribution < 1.29 is 0 Å². The van der Waals surface area contributed by atoms with E-state index in [4.69, 9.17) is 0 Å². The Bertz CT molecular complexity index is 371. The van der Waals surface area contributed by atoms with Gasteiger partial charge in [0.1, 0.15) is 0 Å². The van der Waals surface area contributed by atoms with Crippen LogP contribution in [0.25, 0.3) is 0 Å². The lowest BCUT2D eigenvalue weighted by atomic mass is 9.58. The van der Waals surface area contributed by atoms with Crippen LogP contribution in [0.2, 0.25) is 0 Å². The van der Waals surface area contributed by atoms with Gasteiger partial charge in [0, 0.05) is 5.41 Å². The van der Waals surface area contributed by atoms with Gasteiger partial charge in [-0.1, -0.05) is 44.1 Å². The van der Waals surface area contributed by atoms with Crippen LogP contribution < -0.4 is 0 Å². The third-order valence-electron chi connectivity index (χ3n) is 5.96. The van der Waals surface area contributed by atoms with Crippen LogP contribution in [-0.4, -0.2) is 0 Å². The first-order valence-corrected chi connectivity index (χ1v) is 6.32. The van der Waals surface area contributed by atoms with Gasteiger partial charge < -0.3 is 0 Å². The van der Waals surface area contributed by atoms with E-state index in [2.05, 4.69) is 33.4 Å². The monoisotopic (exact) mass is 202 g/mol. The van der Waals surface area contributed by atoms with Crippen LogP contribution in [0, 0.1) is 16.2 Å². The van der Waals surface area contributed by atoms with Crippen molar-refractivity contribution in [1.29, 1.82) is 0 Å². The van der Waals surface area contributed by atoms with E-state index >= 15 is 0 Å². The molecule has 0 heterocycles. The van der Waals surface area contributed by atoms with Crippen molar-refractivity contribution in [2.24, 2.45) is 16.2 Å². The molecule has 82 valence electrons. The van der Waals surface area contributed by atoms with E-state index in [0.717, 1.165) is 0 Å². The van der Waals surface area contributed by atoms with Crippen LogP contribution in [-0.2, 0) is 0 Å².